The maximum Gasteiger partial charge on any atom is 0.127 e. The Morgan fingerprint density at radius 3 is 2.71 bits per heavy atom. The lowest BCUT2D eigenvalue weighted by Crippen LogP contribution is -2.27. The van der Waals surface area contributed by atoms with Gasteiger partial charge in [-0.25, -0.2) is 4.98 Å². The van der Waals surface area contributed by atoms with Crippen LogP contribution >= 0.6 is 27.5 Å². The average molecular weight is 370 g/mol. The van der Waals surface area contributed by atoms with E-state index in [9.17, 15) is 0 Å². The Kier molecular flexibility index (Phi) is 4.33. The first-order chi connectivity index (χ1) is 9.98. The second-order valence-corrected chi connectivity index (χ2v) is 8.25. The van der Waals surface area contributed by atoms with E-state index in [1.165, 1.54) is 37.6 Å². The zero-order valence-electron chi connectivity index (χ0n) is 12.7. The van der Waals surface area contributed by atoms with Crippen LogP contribution < -0.4 is 0 Å². The predicted octanol–water partition coefficient (Wildman–Crippen LogP) is 6.07. The third-order valence-electron chi connectivity index (χ3n) is 4.70. The van der Waals surface area contributed by atoms with Gasteiger partial charge in [0.05, 0.1) is 16.4 Å². The molecule has 1 heterocycles. The van der Waals surface area contributed by atoms with Crippen molar-refractivity contribution in [2.45, 2.75) is 57.9 Å². The number of imidazole rings is 1. The fourth-order valence-electron chi connectivity index (χ4n) is 3.54. The fraction of sp³-hybridized carbons (Fsp3) is 0.588. The van der Waals surface area contributed by atoms with E-state index in [4.69, 9.17) is 16.6 Å². The molecule has 4 heteroatoms. The number of rotatable bonds is 3. The van der Waals surface area contributed by atoms with Crippen LogP contribution in [0.4, 0.5) is 0 Å². The molecule has 2 nitrogen and oxygen atoms in total. The van der Waals surface area contributed by atoms with E-state index in [-0.39, 0.29) is 5.38 Å². The Hall–Kier alpha value is -0.540. The fourth-order valence-corrected chi connectivity index (χ4v) is 4.05. The standard InChI is InChI=1S/C17H22BrClN2/c1-12(19)16-20-14-10-13(18)6-7-15(14)21(16)11-17(2)8-4-3-5-9-17/h6-7,10,12H,3-5,8-9,11H2,1-2H3. The first-order valence-corrected chi connectivity index (χ1v) is 9.01. The highest BCUT2D eigenvalue weighted by Crippen LogP contribution is 2.39. The van der Waals surface area contributed by atoms with Crippen LogP contribution in [-0.2, 0) is 6.54 Å². The van der Waals surface area contributed by atoms with Gasteiger partial charge in [-0.15, -0.1) is 11.6 Å². The minimum absolute atomic E-state index is 0.0663. The minimum Gasteiger partial charge on any atom is -0.326 e. The lowest BCUT2D eigenvalue weighted by Gasteiger charge is -2.34. The van der Waals surface area contributed by atoms with E-state index < -0.39 is 0 Å². The van der Waals surface area contributed by atoms with Crippen molar-refractivity contribution in [3.8, 4) is 0 Å². The number of aromatic nitrogens is 2. The van der Waals surface area contributed by atoms with Gasteiger partial charge in [-0.1, -0.05) is 42.1 Å². The van der Waals surface area contributed by atoms with Crippen LogP contribution in [0.5, 0.6) is 0 Å². The quantitative estimate of drug-likeness (QED) is 0.600. The minimum atomic E-state index is -0.0663. The molecule has 0 amide bonds. The van der Waals surface area contributed by atoms with Gasteiger partial charge in [0.2, 0.25) is 0 Å². The van der Waals surface area contributed by atoms with Crippen molar-refractivity contribution >= 4 is 38.6 Å². The van der Waals surface area contributed by atoms with E-state index >= 15 is 0 Å². The van der Waals surface area contributed by atoms with Gasteiger partial charge in [-0.2, -0.15) is 0 Å². The van der Waals surface area contributed by atoms with Crippen molar-refractivity contribution in [2.75, 3.05) is 0 Å². The highest BCUT2D eigenvalue weighted by Gasteiger charge is 2.29. The topological polar surface area (TPSA) is 17.8 Å². The van der Waals surface area contributed by atoms with Gasteiger partial charge < -0.3 is 4.57 Å². The molecule has 0 saturated heterocycles. The molecule has 1 unspecified atom stereocenters. The normalized spacial score (nSPS) is 19.8. The summed E-state index contributed by atoms with van der Waals surface area (Å²) in [5.74, 6) is 0.997. The van der Waals surface area contributed by atoms with Gasteiger partial charge in [0, 0.05) is 11.0 Å². The molecule has 0 spiro atoms. The van der Waals surface area contributed by atoms with Crippen LogP contribution in [0.25, 0.3) is 11.0 Å². The molecule has 0 aliphatic heterocycles. The summed E-state index contributed by atoms with van der Waals surface area (Å²) < 4.78 is 3.42. The van der Waals surface area contributed by atoms with Crippen molar-refractivity contribution in [1.29, 1.82) is 0 Å². The monoisotopic (exact) mass is 368 g/mol. The van der Waals surface area contributed by atoms with Crippen molar-refractivity contribution in [2.24, 2.45) is 5.41 Å². The molecule has 0 N–H and O–H groups in total. The summed E-state index contributed by atoms with van der Waals surface area (Å²) in [5, 5.41) is -0.0663. The molecule has 21 heavy (non-hydrogen) atoms. The maximum absolute atomic E-state index is 6.39. The molecular weight excluding hydrogens is 348 g/mol. The SMILES string of the molecule is CC(Cl)c1nc2cc(Br)ccc2n1CC1(C)CCCCC1. The Morgan fingerprint density at radius 1 is 1.33 bits per heavy atom. The van der Waals surface area contributed by atoms with Crippen LogP contribution in [0.15, 0.2) is 22.7 Å². The van der Waals surface area contributed by atoms with Gasteiger partial charge in [0.25, 0.3) is 0 Å². The Balaban J connectivity index is 2.04. The summed E-state index contributed by atoms with van der Waals surface area (Å²) in [7, 11) is 0. The average Bonchev–Trinajstić information content (AvgIpc) is 2.77. The number of nitrogens with zero attached hydrogens (tertiary/aromatic N) is 2. The molecule has 3 rings (SSSR count). The zero-order valence-corrected chi connectivity index (χ0v) is 15.0. The number of hydrogen-bond donors (Lipinski definition) is 0. The van der Waals surface area contributed by atoms with Gasteiger partial charge in [0.1, 0.15) is 5.82 Å². The highest BCUT2D eigenvalue weighted by molar-refractivity contribution is 9.10. The smallest absolute Gasteiger partial charge is 0.127 e. The number of halogens is 2. The molecule has 1 aliphatic carbocycles. The summed E-state index contributed by atoms with van der Waals surface area (Å²) in [6.45, 7) is 5.45. The second-order valence-electron chi connectivity index (χ2n) is 6.68. The second kappa shape index (κ2) is 5.92. The summed E-state index contributed by atoms with van der Waals surface area (Å²) in [6.07, 6.45) is 6.69. The van der Waals surface area contributed by atoms with Crippen LogP contribution in [0.2, 0.25) is 0 Å². The Morgan fingerprint density at radius 2 is 2.05 bits per heavy atom. The summed E-state index contributed by atoms with van der Waals surface area (Å²) in [5.41, 5.74) is 2.61. The van der Waals surface area contributed by atoms with Crippen molar-refractivity contribution in [1.82, 2.24) is 9.55 Å². The van der Waals surface area contributed by atoms with E-state index in [2.05, 4.69) is 45.6 Å². The molecule has 2 aromatic rings. The third-order valence-corrected chi connectivity index (χ3v) is 5.38. The lowest BCUT2D eigenvalue weighted by atomic mass is 9.75. The number of fused-ring (bicyclic) bond motifs is 1. The maximum atomic E-state index is 6.39. The molecule has 1 fully saturated rings. The molecule has 0 bridgehead atoms. The van der Waals surface area contributed by atoms with E-state index in [1.807, 2.05) is 6.92 Å². The van der Waals surface area contributed by atoms with Gasteiger partial charge >= 0.3 is 0 Å². The summed E-state index contributed by atoms with van der Waals surface area (Å²) in [6, 6.07) is 6.32. The van der Waals surface area contributed by atoms with E-state index in [1.54, 1.807) is 0 Å². The molecule has 1 aromatic heterocycles. The molecule has 114 valence electrons. The highest BCUT2D eigenvalue weighted by atomic mass is 79.9. The molecule has 1 saturated carbocycles. The molecule has 1 atom stereocenters. The first kappa shape index (κ1) is 15.4. The van der Waals surface area contributed by atoms with Gasteiger partial charge in [-0.3, -0.25) is 0 Å². The zero-order chi connectivity index (χ0) is 15.0. The first-order valence-electron chi connectivity index (χ1n) is 7.78. The molecular formula is C17H22BrClN2. The van der Waals surface area contributed by atoms with Crippen LogP contribution in [0.3, 0.4) is 0 Å². The van der Waals surface area contributed by atoms with E-state index in [0.717, 1.165) is 22.4 Å². The van der Waals surface area contributed by atoms with Crippen LogP contribution in [0.1, 0.15) is 57.2 Å². The number of alkyl halides is 1. The van der Waals surface area contributed by atoms with E-state index in [0.29, 0.717) is 5.41 Å². The lowest BCUT2D eigenvalue weighted by molar-refractivity contribution is 0.183. The molecule has 1 aliphatic rings. The predicted molar refractivity (Wildman–Crippen MR) is 92.9 cm³/mol. The summed E-state index contributed by atoms with van der Waals surface area (Å²) in [4.78, 5) is 4.77. The summed E-state index contributed by atoms with van der Waals surface area (Å²) >= 11 is 9.92. The Bertz CT molecular complexity index is 642. The van der Waals surface area contributed by atoms with Crippen LogP contribution in [-0.4, -0.2) is 9.55 Å². The van der Waals surface area contributed by atoms with Crippen molar-refractivity contribution in [3.05, 3.63) is 28.5 Å². The van der Waals surface area contributed by atoms with Crippen molar-refractivity contribution < 1.29 is 0 Å². The molecule has 1 aromatic carbocycles. The van der Waals surface area contributed by atoms with Crippen molar-refractivity contribution in [3.63, 3.8) is 0 Å². The number of hydrogen-bond acceptors (Lipinski definition) is 1. The third kappa shape index (κ3) is 3.14. The largest absolute Gasteiger partial charge is 0.326 e. The van der Waals surface area contributed by atoms with Gasteiger partial charge in [0.15, 0.2) is 0 Å². The van der Waals surface area contributed by atoms with Crippen LogP contribution in [0, 0.1) is 5.41 Å². The molecule has 0 radical (unpaired) electrons. The Labute approximate surface area is 140 Å². The van der Waals surface area contributed by atoms with Gasteiger partial charge in [-0.05, 0) is 43.4 Å². The number of benzene rings is 1.